The zero-order valence-corrected chi connectivity index (χ0v) is 9.09. The average molecular weight is 269 g/mol. The van der Waals surface area contributed by atoms with Gasteiger partial charge in [-0.05, 0) is 12.1 Å². The number of carbonyl (C=O) groups is 1. The molecule has 17 heavy (non-hydrogen) atoms. The Bertz CT molecular complexity index is 411. The Hall–Kier alpha value is -1.34. The van der Waals surface area contributed by atoms with Gasteiger partial charge < -0.3 is 10.4 Å². The summed E-state index contributed by atoms with van der Waals surface area (Å²) >= 11 is 5.57. The van der Waals surface area contributed by atoms with Crippen LogP contribution in [0.2, 0.25) is 5.15 Å². The molecule has 8 heteroatoms. The summed E-state index contributed by atoms with van der Waals surface area (Å²) in [5.41, 5.74) is -0.0523. The first-order valence-corrected chi connectivity index (χ1v) is 4.83. The first-order valence-electron chi connectivity index (χ1n) is 4.46. The Balaban J connectivity index is 2.60. The Kier molecular flexibility index (Phi) is 4.30. The molecule has 0 aliphatic carbocycles. The van der Waals surface area contributed by atoms with E-state index < -0.39 is 24.7 Å². The molecule has 1 amide bonds. The van der Waals surface area contributed by atoms with E-state index >= 15 is 0 Å². The number of nitrogens with zero attached hydrogens (tertiary/aromatic N) is 1. The van der Waals surface area contributed by atoms with E-state index in [1.54, 1.807) is 0 Å². The lowest BCUT2D eigenvalue weighted by molar-refractivity contribution is -0.201. The number of amides is 1. The fourth-order valence-electron chi connectivity index (χ4n) is 0.956. The SMILES string of the molecule is O=C(NCC(O)C(F)(F)F)c1cccnc1Cl. The van der Waals surface area contributed by atoms with E-state index in [4.69, 9.17) is 16.7 Å². The number of halogens is 4. The van der Waals surface area contributed by atoms with Crippen molar-refractivity contribution in [3.05, 3.63) is 29.0 Å². The fourth-order valence-corrected chi connectivity index (χ4v) is 1.16. The summed E-state index contributed by atoms with van der Waals surface area (Å²) < 4.78 is 35.8. The van der Waals surface area contributed by atoms with E-state index in [0.717, 1.165) is 0 Å². The van der Waals surface area contributed by atoms with Crippen molar-refractivity contribution in [3.63, 3.8) is 0 Å². The number of aliphatic hydroxyl groups is 1. The summed E-state index contributed by atoms with van der Waals surface area (Å²) in [7, 11) is 0. The highest BCUT2D eigenvalue weighted by molar-refractivity contribution is 6.32. The van der Waals surface area contributed by atoms with Crippen LogP contribution >= 0.6 is 11.6 Å². The highest BCUT2D eigenvalue weighted by atomic mass is 35.5. The van der Waals surface area contributed by atoms with Crippen molar-refractivity contribution < 1.29 is 23.1 Å². The minimum Gasteiger partial charge on any atom is -0.382 e. The lowest BCUT2D eigenvalue weighted by Gasteiger charge is -2.15. The summed E-state index contributed by atoms with van der Waals surface area (Å²) in [6.45, 7) is -0.937. The summed E-state index contributed by atoms with van der Waals surface area (Å²) in [5.74, 6) is -0.827. The number of hydrogen-bond donors (Lipinski definition) is 2. The molecule has 1 heterocycles. The van der Waals surface area contributed by atoms with Gasteiger partial charge in [-0.15, -0.1) is 0 Å². The van der Waals surface area contributed by atoms with E-state index in [1.807, 2.05) is 5.32 Å². The minimum absolute atomic E-state index is 0.0523. The summed E-state index contributed by atoms with van der Waals surface area (Å²) in [6.07, 6.45) is -6.04. The van der Waals surface area contributed by atoms with Gasteiger partial charge in [0.1, 0.15) is 5.15 Å². The molecule has 4 nitrogen and oxygen atoms in total. The maximum absolute atomic E-state index is 11.9. The van der Waals surface area contributed by atoms with Gasteiger partial charge >= 0.3 is 6.18 Å². The van der Waals surface area contributed by atoms with E-state index in [2.05, 4.69) is 4.98 Å². The molecule has 94 valence electrons. The molecule has 0 spiro atoms. The second kappa shape index (κ2) is 5.33. The van der Waals surface area contributed by atoms with Gasteiger partial charge in [0.2, 0.25) is 0 Å². The molecule has 0 aromatic carbocycles. The van der Waals surface area contributed by atoms with Crippen LogP contribution in [0.15, 0.2) is 18.3 Å². The molecule has 2 N–H and O–H groups in total. The zero-order chi connectivity index (χ0) is 13.1. The lowest BCUT2D eigenvalue weighted by Crippen LogP contribution is -2.40. The quantitative estimate of drug-likeness (QED) is 0.815. The monoisotopic (exact) mass is 268 g/mol. The number of carbonyl (C=O) groups excluding carboxylic acids is 1. The maximum atomic E-state index is 11.9. The van der Waals surface area contributed by atoms with E-state index in [-0.39, 0.29) is 10.7 Å². The minimum atomic E-state index is -4.77. The van der Waals surface area contributed by atoms with Gasteiger partial charge in [0, 0.05) is 6.20 Å². The van der Waals surface area contributed by atoms with Crippen molar-refractivity contribution in [1.82, 2.24) is 10.3 Å². The van der Waals surface area contributed by atoms with E-state index in [0.29, 0.717) is 0 Å². The van der Waals surface area contributed by atoms with Crippen LogP contribution in [0.1, 0.15) is 10.4 Å². The second-order valence-electron chi connectivity index (χ2n) is 3.11. The molecule has 1 atom stereocenters. The van der Waals surface area contributed by atoms with Gasteiger partial charge in [0.15, 0.2) is 6.10 Å². The van der Waals surface area contributed by atoms with Gasteiger partial charge in [-0.25, -0.2) is 4.98 Å². The number of rotatable bonds is 3. The molecule has 0 radical (unpaired) electrons. The van der Waals surface area contributed by atoms with Crippen LogP contribution in [0.4, 0.5) is 13.2 Å². The van der Waals surface area contributed by atoms with Crippen molar-refractivity contribution in [2.75, 3.05) is 6.54 Å². The molecule has 0 saturated carbocycles. The van der Waals surface area contributed by atoms with E-state index in [9.17, 15) is 18.0 Å². The lowest BCUT2D eigenvalue weighted by atomic mass is 10.2. The molecular formula is C9H8ClF3N2O2. The molecule has 0 fully saturated rings. The van der Waals surface area contributed by atoms with Crippen molar-refractivity contribution in [2.24, 2.45) is 0 Å². The van der Waals surface area contributed by atoms with Crippen molar-refractivity contribution in [1.29, 1.82) is 0 Å². The van der Waals surface area contributed by atoms with Gasteiger partial charge in [-0.3, -0.25) is 4.79 Å². The summed E-state index contributed by atoms with van der Waals surface area (Å²) in [6, 6.07) is 2.73. The highest BCUT2D eigenvalue weighted by Gasteiger charge is 2.38. The molecule has 0 aliphatic rings. The third-order valence-electron chi connectivity index (χ3n) is 1.84. The van der Waals surface area contributed by atoms with Gasteiger partial charge in [-0.1, -0.05) is 11.6 Å². The van der Waals surface area contributed by atoms with E-state index in [1.165, 1.54) is 18.3 Å². The smallest absolute Gasteiger partial charge is 0.382 e. The normalized spacial score (nSPS) is 13.2. The predicted octanol–water partition coefficient (Wildman–Crippen LogP) is 1.39. The van der Waals surface area contributed by atoms with Crippen LogP contribution < -0.4 is 5.32 Å². The van der Waals surface area contributed by atoms with Crippen LogP contribution in [-0.4, -0.2) is 34.8 Å². The third-order valence-corrected chi connectivity index (χ3v) is 2.14. The van der Waals surface area contributed by atoms with Crippen LogP contribution in [0.5, 0.6) is 0 Å². The zero-order valence-electron chi connectivity index (χ0n) is 8.33. The molecular weight excluding hydrogens is 261 g/mol. The topological polar surface area (TPSA) is 62.2 Å². The Morgan fingerprint density at radius 1 is 1.59 bits per heavy atom. The first kappa shape index (κ1) is 13.7. The Morgan fingerprint density at radius 2 is 2.24 bits per heavy atom. The Labute approximate surface area is 99.4 Å². The molecule has 0 aliphatic heterocycles. The highest BCUT2D eigenvalue weighted by Crippen LogP contribution is 2.19. The van der Waals surface area contributed by atoms with Crippen LogP contribution in [-0.2, 0) is 0 Å². The van der Waals surface area contributed by atoms with Crippen molar-refractivity contribution in [3.8, 4) is 0 Å². The van der Waals surface area contributed by atoms with Gasteiger partial charge in [-0.2, -0.15) is 13.2 Å². The largest absolute Gasteiger partial charge is 0.416 e. The van der Waals surface area contributed by atoms with Gasteiger partial charge in [0.25, 0.3) is 5.91 Å². The van der Waals surface area contributed by atoms with Crippen molar-refractivity contribution in [2.45, 2.75) is 12.3 Å². The Morgan fingerprint density at radius 3 is 2.76 bits per heavy atom. The molecule has 1 aromatic heterocycles. The standard InChI is InChI=1S/C9H8ClF3N2O2/c10-7-5(2-1-3-14-7)8(17)15-4-6(16)9(11,12)13/h1-3,6,16H,4H2,(H,15,17). The number of hydrogen-bond acceptors (Lipinski definition) is 3. The maximum Gasteiger partial charge on any atom is 0.416 e. The fraction of sp³-hybridized carbons (Fsp3) is 0.333. The van der Waals surface area contributed by atoms with Gasteiger partial charge in [0.05, 0.1) is 12.1 Å². The summed E-state index contributed by atoms with van der Waals surface area (Å²) in [4.78, 5) is 15.0. The number of aromatic nitrogens is 1. The average Bonchev–Trinajstić information content (AvgIpc) is 2.24. The molecule has 0 bridgehead atoms. The number of nitrogens with one attached hydrogen (secondary N) is 1. The molecule has 1 aromatic rings. The predicted molar refractivity (Wildman–Crippen MR) is 53.6 cm³/mol. The number of aliphatic hydroxyl groups excluding tert-OH is 1. The first-order chi connectivity index (χ1) is 7.82. The van der Waals surface area contributed by atoms with Crippen LogP contribution in [0, 0.1) is 0 Å². The van der Waals surface area contributed by atoms with Crippen molar-refractivity contribution >= 4 is 17.5 Å². The number of pyridine rings is 1. The number of alkyl halides is 3. The molecule has 0 saturated heterocycles. The molecule has 1 unspecified atom stereocenters. The third kappa shape index (κ3) is 3.86. The summed E-state index contributed by atoms with van der Waals surface area (Å²) in [5, 5.41) is 10.5. The van der Waals surface area contributed by atoms with Crippen LogP contribution in [0.3, 0.4) is 0 Å². The second-order valence-corrected chi connectivity index (χ2v) is 3.47. The van der Waals surface area contributed by atoms with Crippen LogP contribution in [0.25, 0.3) is 0 Å². The molecule has 1 rings (SSSR count).